The van der Waals surface area contributed by atoms with Crippen molar-refractivity contribution in [1.82, 2.24) is 4.90 Å². The first-order chi connectivity index (χ1) is 9.70. The molecule has 20 heavy (non-hydrogen) atoms. The normalized spacial score (nSPS) is 21.5. The number of allylic oxidation sites excluding steroid dienone is 2. The zero-order chi connectivity index (χ0) is 14.4. The summed E-state index contributed by atoms with van der Waals surface area (Å²) in [4.78, 5) is 13.7. The van der Waals surface area contributed by atoms with E-state index in [0.717, 1.165) is 37.7 Å². The molecule has 2 rings (SSSR count). The van der Waals surface area contributed by atoms with Crippen molar-refractivity contribution >= 4 is 6.09 Å². The van der Waals surface area contributed by atoms with Crippen molar-refractivity contribution in [1.29, 1.82) is 0 Å². The van der Waals surface area contributed by atoms with Gasteiger partial charge in [0.15, 0.2) is 0 Å². The van der Waals surface area contributed by atoms with Crippen LogP contribution in [-0.4, -0.2) is 41.9 Å². The number of aliphatic hydroxyl groups is 1. The third-order valence-corrected chi connectivity index (χ3v) is 4.19. The van der Waals surface area contributed by atoms with Crippen molar-refractivity contribution in [2.24, 2.45) is 5.92 Å². The summed E-state index contributed by atoms with van der Waals surface area (Å²) in [7, 11) is 0. The highest BCUT2D eigenvalue weighted by molar-refractivity contribution is 5.68. The lowest BCUT2D eigenvalue weighted by molar-refractivity contribution is 0.0483. The minimum Gasteiger partial charge on any atom is -0.445 e. The number of carbonyl (C=O) groups excluding carboxylic acids is 1. The first-order valence-corrected chi connectivity index (χ1v) is 7.66. The van der Waals surface area contributed by atoms with Gasteiger partial charge in [-0.2, -0.15) is 0 Å². The van der Waals surface area contributed by atoms with Crippen molar-refractivity contribution in [3.8, 4) is 0 Å². The smallest absolute Gasteiger partial charge is 0.410 e. The Bertz CT molecular complexity index is 381. The van der Waals surface area contributed by atoms with Crippen LogP contribution in [0.4, 0.5) is 4.79 Å². The summed E-state index contributed by atoms with van der Waals surface area (Å²) >= 11 is 0. The molecule has 2 aliphatic rings. The minimum absolute atomic E-state index is 0.227. The van der Waals surface area contributed by atoms with E-state index in [-0.39, 0.29) is 12.2 Å². The van der Waals surface area contributed by atoms with E-state index < -0.39 is 0 Å². The molecule has 1 N–H and O–H groups in total. The van der Waals surface area contributed by atoms with Crippen LogP contribution in [0.1, 0.15) is 39.0 Å². The topological polar surface area (TPSA) is 49.8 Å². The lowest BCUT2D eigenvalue weighted by Crippen LogP contribution is -2.41. The number of amides is 1. The molecule has 1 atom stereocenters. The molecule has 4 heteroatoms. The lowest BCUT2D eigenvalue weighted by Gasteiger charge is -2.33. The van der Waals surface area contributed by atoms with E-state index in [1.54, 1.807) is 4.90 Å². The Hall–Kier alpha value is -1.29. The van der Waals surface area contributed by atoms with Crippen LogP contribution in [0.15, 0.2) is 23.8 Å². The lowest BCUT2D eigenvalue weighted by atomic mass is 9.90. The summed E-state index contributed by atoms with van der Waals surface area (Å²) in [5, 5.41) is 9.83. The van der Waals surface area contributed by atoms with E-state index >= 15 is 0 Å². The fraction of sp³-hybridized carbons (Fsp3) is 0.688. The molecular formula is C16H25NO3. The Labute approximate surface area is 121 Å². The average molecular weight is 279 g/mol. The van der Waals surface area contributed by atoms with Crippen LogP contribution < -0.4 is 0 Å². The number of nitrogens with zero attached hydrogens (tertiary/aromatic N) is 1. The van der Waals surface area contributed by atoms with Gasteiger partial charge in [0, 0.05) is 13.1 Å². The van der Waals surface area contributed by atoms with E-state index in [4.69, 9.17) is 4.74 Å². The number of hydrogen-bond donors (Lipinski definition) is 1. The van der Waals surface area contributed by atoms with Gasteiger partial charge in [0.05, 0.1) is 6.10 Å². The van der Waals surface area contributed by atoms with E-state index in [1.165, 1.54) is 0 Å². The summed E-state index contributed by atoms with van der Waals surface area (Å²) in [6.07, 6.45) is 10.4. The van der Waals surface area contributed by atoms with Crippen LogP contribution in [0.25, 0.3) is 0 Å². The minimum atomic E-state index is -0.231. The maximum atomic E-state index is 12.0. The van der Waals surface area contributed by atoms with Gasteiger partial charge in [-0.1, -0.05) is 25.2 Å². The van der Waals surface area contributed by atoms with Crippen LogP contribution in [0.3, 0.4) is 0 Å². The Morgan fingerprint density at radius 2 is 2.20 bits per heavy atom. The van der Waals surface area contributed by atoms with Crippen molar-refractivity contribution in [2.45, 2.75) is 45.1 Å². The van der Waals surface area contributed by atoms with E-state index in [0.29, 0.717) is 25.6 Å². The quantitative estimate of drug-likeness (QED) is 0.861. The number of piperidine rings is 1. The third-order valence-electron chi connectivity index (χ3n) is 4.19. The van der Waals surface area contributed by atoms with Gasteiger partial charge in [0.2, 0.25) is 0 Å². The Balaban J connectivity index is 1.72. The molecule has 0 aromatic rings. The van der Waals surface area contributed by atoms with Crippen LogP contribution >= 0.6 is 0 Å². The summed E-state index contributed by atoms with van der Waals surface area (Å²) in [6.45, 7) is 3.74. The van der Waals surface area contributed by atoms with Gasteiger partial charge >= 0.3 is 6.09 Å². The molecule has 1 aliphatic heterocycles. The van der Waals surface area contributed by atoms with Gasteiger partial charge in [-0.3, -0.25) is 0 Å². The third kappa shape index (κ3) is 4.10. The zero-order valence-electron chi connectivity index (χ0n) is 12.3. The highest BCUT2D eigenvalue weighted by Gasteiger charge is 2.27. The molecule has 1 heterocycles. The maximum Gasteiger partial charge on any atom is 0.410 e. The zero-order valence-corrected chi connectivity index (χ0v) is 12.3. The second-order valence-corrected chi connectivity index (χ2v) is 5.61. The van der Waals surface area contributed by atoms with E-state index in [2.05, 4.69) is 12.2 Å². The SMILES string of the molecule is CCC(O)C1CCN(C(=O)OCC2=CCCC=C2)CC1. The molecule has 1 aliphatic carbocycles. The predicted molar refractivity (Wildman–Crippen MR) is 78.4 cm³/mol. The molecule has 1 unspecified atom stereocenters. The van der Waals surface area contributed by atoms with Gasteiger partial charge in [0.25, 0.3) is 0 Å². The van der Waals surface area contributed by atoms with Crippen LogP contribution in [-0.2, 0) is 4.74 Å². The second kappa shape index (κ2) is 7.48. The fourth-order valence-electron chi connectivity index (χ4n) is 2.81. The number of ether oxygens (including phenoxy) is 1. The van der Waals surface area contributed by atoms with Crippen molar-refractivity contribution in [2.75, 3.05) is 19.7 Å². The van der Waals surface area contributed by atoms with Gasteiger partial charge < -0.3 is 14.7 Å². The molecular weight excluding hydrogens is 254 g/mol. The van der Waals surface area contributed by atoms with Crippen LogP contribution in [0.2, 0.25) is 0 Å². The van der Waals surface area contributed by atoms with Crippen molar-refractivity contribution in [3.05, 3.63) is 23.8 Å². The molecule has 0 aromatic carbocycles. The average Bonchev–Trinajstić information content (AvgIpc) is 2.53. The number of likely N-dealkylation sites (tertiary alicyclic amines) is 1. The second-order valence-electron chi connectivity index (χ2n) is 5.61. The number of hydrogen-bond acceptors (Lipinski definition) is 3. The number of aliphatic hydroxyl groups excluding tert-OH is 1. The van der Waals surface area contributed by atoms with Gasteiger partial charge in [-0.05, 0) is 43.6 Å². The summed E-state index contributed by atoms with van der Waals surface area (Å²) in [5.74, 6) is 0.327. The largest absolute Gasteiger partial charge is 0.445 e. The molecule has 0 aromatic heterocycles. The van der Waals surface area contributed by atoms with Crippen molar-refractivity contribution in [3.63, 3.8) is 0 Å². The molecule has 1 amide bonds. The van der Waals surface area contributed by atoms with Crippen molar-refractivity contribution < 1.29 is 14.6 Å². The van der Waals surface area contributed by atoms with Crippen LogP contribution in [0, 0.1) is 5.92 Å². The first kappa shape index (κ1) is 15.1. The fourth-order valence-corrected chi connectivity index (χ4v) is 2.81. The molecule has 112 valence electrons. The molecule has 0 bridgehead atoms. The Kier molecular flexibility index (Phi) is 5.65. The first-order valence-electron chi connectivity index (χ1n) is 7.66. The maximum absolute atomic E-state index is 12.0. The predicted octanol–water partition coefficient (Wildman–Crippen LogP) is 2.88. The molecule has 0 radical (unpaired) electrons. The van der Waals surface area contributed by atoms with Gasteiger partial charge in [-0.15, -0.1) is 0 Å². The summed E-state index contributed by atoms with van der Waals surface area (Å²) < 4.78 is 5.35. The standard InChI is InChI=1S/C16H25NO3/c1-2-15(18)14-8-10-17(11-9-14)16(19)20-12-13-6-4-3-5-7-13/h4,6-7,14-15,18H,2-3,5,8-12H2,1H3. The van der Waals surface area contributed by atoms with E-state index in [1.807, 2.05) is 13.0 Å². The molecule has 1 saturated heterocycles. The van der Waals surface area contributed by atoms with Gasteiger partial charge in [-0.25, -0.2) is 4.79 Å². The molecule has 0 spiro atoms. The number of carbonyl (C=O) groups is 1. The van der Waals surface area contributed by atoms with E-state index in [9.17, 15) is 9.90 Å². The Morgan fingerprint density at radius 1 is 1.45 bits per heavy atom. The number of rotatable bonds is 4. The van der Waals surface area contributed by atoms with Crippen LogP contribution in [0.5, 0.6) is 0 Å². The highest BCUT2D eigenvalue weighted by Crippen LogP contribution is 2.22. The van der Waals surface area contributed by atoms with Gasteiger partial charge in [0.1, 0.15) is 6.61 Å². The molecule has 1 fully saturated rings. The molecule has 0 saturated carbocycles. The highest BCUT2D eigenvalue weighted by atomic mass is 16.6. The molecule has 4 nitrogen and oxygen atoms in total. The monoisotopic (exact) mass is 279 g/mol. The Morgan fingerprint density at radius 3 is 2.80 bits per heavy atom. The summed E-state index contributed by atoms with van der Waals surface area (Å²) in [6, 6.07) is 0. The summed E-state index contributed by atoms with van der Waals surface area (Å²) in [5.41, 5.74) is 1.08.